The summed E-state index contributed by atoms with van der Waals surface area (Å²) in [6.07, 6.45) is 1.02. The van der Waals surface area contributed by atoms with Crippen molar-refractivity contribution in [3.05, 3.63) is 65.2 Å². The highest BCUT2D eigenvalue weighted by Gasteiger charge is 2.09. The fourth-order valence-corrected chi connectivity index (χ4v) is 2.35. The van der Waals surface area contributed by atoms with E-state index in [1.807, 2.05) is 24.3 Å². The van der Waals surface area contributed by atoms with Crippen LogP contribution in [0.3, 0.4) is 0 Å². The molecule has 0 fully saturated rings. The summed E-state index contributed by atoms with van der Waals surface area (Å²) in [6, 6.07) is 16.4. The molecule has 0 atom stereocenters. The lowest BCUT2D eigenvalue weighted by molar-refractivity contribution is 0.414. The molecule has 0 unspecified atom stereocenters. The zero-order chi connectivity index (χ0) is 15.2. The summed E-state index contributed by atoms with van der Waals surface area (Å²) in [7, 11) is 3.37. The summed E-state index contributed by atoms with van der Waals surface area (Å²) in [5.74, 6) is 1.75. The largest absolute Gasteiger partial charge is 0.497 e. The topological polar surface area (TPSA) is 18.5 Å². The Morgan fingerprint density at radius 1 is 0.762 bits per heavy atom. The molecule has 2 rings (SSSR count). The third-order valence-electron chi connectivity index (χ3n) is 3.71. The Kier molecular flexibility index (Phi) is 5.04. The summed E-state index contributed by atoms with van der Waals surface area (Å²) in [5.41, 5.74) is 5.06. The highest BCUT2D eigenvalue weighted by Crippen LogP contribution is 2.30. The van der Waals surface area contributed by atoms with Crippen molar-refractivity contribution >= 4 is 5.57 Å². The van der Waals surface area contributed by atoms with Gasteiger partial charge in [0.15, 0.2) is 0 Å². The maximum atomic E-state index is 5.24. The third kappa shape index (κ3) is 3.46. The van der Waals surface area contributed by atoms with Gasteiger partial charge >= 0.3 is 0 Å². The lowest BCUT2D eigenvalue weighted by atomic mass is 9.92. The van der Waals surface area contributed by atoms with Gasteiger partial charge < -0.3 is 9.47 Å². The van der Waals surface area contributed by atoms with Crippen LogP contribution in [0.5, 0.6) is 11.5 Å². The van der Waals surface area contributed by atoms with Gasteiger partial charge in [0.2, 0.25) is 0 Å². The highest BCUT2D eigenvalue weighted by atomic mass is 16.5. The highest BCUT2D eigenvalue weighted by molar-refractivity contribution is 5.82. The first-order valence-corrected chi connectivity index (χ1v) is 7.18. The molecule has 2 aromatic rings. The van der Waals surface area contributed by atoms with Gasteiger partial charge in [-0.2, -0.15) is 0 Å². The minimum Gasteiger partial charge on any atom is -0.497 e. The summed E-state index contributed by atoms with van der Waals surface area (Å²) in [5, 5.41) is 0. The summed E-state index contributed by atoms with van der Waals surface area (Å²) >= 11 is 0. The molecule has 0 saturated carbocycles. The molecular weight excluding hydrogens is 260 g/mol. The molecule has 0 aliphatic carbocycles. The van der Waals surface area contributed by atoms with Crippen LogP contribution in [0, 0.1) is 0 Å². The summed E-state index contributed by atoms with van der Waals surface area (Å²) in [6.45, 7) is 4.37. The van der Waals surface area contributed by atoms with Crippen molar-refractivity contribution < 1.29 is 9.47 Å². The van der Waals surface area contributed by atoms with Gasteiger partial charge in [0.05, 0.1) is 14.2 Å². The predicted molar refractivity (Wildman–Crippen MR) is 88.0 cm³/mol. The van der Waals surface area contributed by atoms with E-state index < -0.39 is 0 Å². The summed E-state index contributed by atoms with van der Waals surface area (Å²) < 4.78 is 10.5. The van der Waals surface area contributed by atoms with E-state index in [9.17, 15) is 0 Å². The zero-order valence-electron chi connectivity index (χ0n) is 13.1. The lowest BCUT2D eigenvalue weighted by Crippen LogP contribution is -1.93. The second kappa shape index (κ2) is 6.98. The molecule has 0 aliphatic heterocycles. The third-order valence-corrected chi connectivity index (χ3v) is 3.71. The molecule has 0 aliphatic rings. The Morgan fingerprint density at radius 3 is 1.43 bits per heavy atom. The van der Waals surface area contributed by atoms with E-state index in [0.29, 0.717) is 0 Å². The van der Waals surface area contributed by atoms with Crippen molar-refractivity contribution in [2.75, 3.05) is 14.2 Å². The minimum absolute atomic E-state index is 0.877. The quantitative estimate of drug-likeness (QED) is 0.773. The Morgan fingerprint density at radius 2 is 1.14 bits per heavy atom. The molecular formula is C19H22O2. The van der Waals surface area contributed by atoms with E-state index >= 15 is 0 Å². The van der Waals surface area contributed by atoms with E-state index in [1.165, 1.54) is 22.3 Å². The molecule has 2 heteroatoms. The van der Waals surface area contributed by atoms with E-state index in [2.05, 4.69) is 38.1 Å². The van der Waals surface area contributed by atoms with Crippen LogP contribution in [0.15, 0.2) is 54.1 Å². The maximum Gasteiger partial charge on any atom is 0.118 e. The molecule has 0 heterocycles. The number of hydrogen-bond donors (Lipinski definition) is 0. The Labute approximate surface area is 127 Å². The molecule has 0 aromatic heterocycles. The Hall–Kier alpha value is -2.22. The average molecular weight is 282 g/mol. The Balaban J connectivity index is 2.47. The van der Waals surface area contributed by atoms with Crippen molar-refractivity contribution in [1.82, 2.24) is 0 Å². The van der Waals surface area contributed by atoms with E-state index in [1.54, 1.807) is 14.2 Å². The lowest BCUT2D eigenvalue weighted by Gasteiger charge is -2.14. The zero-order valence-corrected chi connectivity index (χ0v) is 13.1. The molecule has 0 saturated heterocycles. The van der Waals surface area contributed by atoms with E-state index in [4.69, 9.17) is 9.47 Å². The number of ether oxygens (including phenoxy) is 2. The average Bonchev–Trinajstić information content (AvgIpc) is 2.56. The second-order valence-corrected chi connectivity index (χ2v) is 4.97. The van der Waals surface area contributed by atoms with Crippen LogP contribution in [0.2, 0.25) is 0 Å². The van der Waals surface area contributed by atoms with Crippen LogP contribution < -0.4 is 9.47 Å². The number of methoxy groups -OCH3 is 2. The van der Waals surface area contributed by atoms with Gasteiger partial charge in [-0.3, -0.25) is 0 Å². The smallest absolute Gasteiger partial charge is 0.118 e. The van der Waals surface area contributed by atoms with Gasteiger partial charge in [-0.1, -0.05) is 36.8 Å². The molecule has 0 amide bonds. The minimum atomic E-state index is 0.877. The monoisotopic (exact) mass is 282 g/mol. The Bertz CT molecular complexity index is 558. The van der Waals surface area contributed by atoms with Gasteiger partial charge in [-0.05, 0) is 54.3 Å². The van der Waals surface area contributed by atoms with Gasteiger partial charge in [0.1, 0.15) is 11.5 Å². The van der Waals surface area contributed by atoms with Crippen LogP contribution in [0.4, 0.5) is 0 Å². The van der Waals surface area contributed by atoms with E-state index in [0.717, 1.165) is 17.9 Å². The molecule has 2 aromatic carbocycles. The van der Waals surface area contributed by atoms with Crippen molar-refractivity contribution in [3.63, 3.8) is 0 Å². The standard InChI is InChI=1S/C19H22O2/c1-5-14(2)19(15-6-10-17(20-3)11-7-15)16-8-12-18(21-4)13-9-16/h6-13H,5H2,1-4H3. The van der Waals surface area contributed by atoms with Crippen LogP contribution in [-0.4, -0.2) is 14.2 Å². The predicted octanol–water partition coefficient (Wildman–Crippen LogP) is 4.94. The van der Waals surface area contributed by atoms with Crippen LogP contribution in [0.25, 0.3) is 5.57 Å². The van der Waals surface area contributed by atoms with Crippen LogP contribution >= 0.6 is 0 Å². The molecule has 0 spiro atoms. The fraction of sp³-hybridized carbons (Fsp3) is 0.263. The van der Waals surface area contributed by atoms with Gasteiger partial charge in [0, 0.05) is 0 Å². The second-order valence-electron chi connectivity index (χ2n) is 4.97. The van der Waals surface area contributed by atoms with Crippen molar-refractivity contribution in [1.29, 1.82) is 0 Å². The first-order valence-electron chi connectivity index (χ1n) is 7.18. The van der Waals surface area contributed by atoms with Gasteiger partial charge in [0.25, 0.3) is 0 Å². The van der Waals surface area contributed by atoms with Gasteiger partial charge in [-0.25, -0.2) is 0 Å². The van der Waals surface area contributed by atoms with Crippen LogP contribution in [-0.2, 0) is 0 Å². The molecule has 0 radical (unpaired) electrons. The van der Waals surface area contributed by atoms with Crippen molar-refractivity contribution in [2.24, 2.45) is 0 Å². The normalized spacial score (nSPS) is 10.1. The number of rotatable bonds is 5. The SMILES string of the molecule is CCC(C)=C(c1ccc(OC)cc1)c1ccc(OC)cc1. The molecule has 2 nitrogen and oxygen atoms in total. The van der Waals surface area contributed by atoms with Crippen molar-refractivity contribution in [2.45, 2.75) is 20.3 Å². The molecule has 0 N–H and O–H groups in total. The molecule has 110 valence electrons. The van der Waals surface area contributed by atoms with Gasteiger partial charge in [-0.15, -0.1) is 0 Å². The van der Waals surface area contributed by atoms with Crippen molar-refractivity contribution in [3.8, 4) is 11.5 Å². The maximum absolute atomic E-state index is 5.24. The fourth-order valence-electron chi connectivity index (χ4n) is 2.35. The number of allylic oxidation sites excluding steroid dienone is 1. The first kappa shape index (κ1) is 15.2. The van der Waals surface area contributed by atoms with E-state index in [-0.39, 0.29) is 0 Å². The number of hydrogen-bond acceptors (Lipinski definition) is 2. The molecule has 21 heavy (non-hydrogen) atoms. The molecule has 0 bridgehead atoms. The van der Waals surface area contributed by atoms with Crippen LogP contribution in [0.1, 0.15) is 31.4 Å². The first-order chi connectivity index (χ1) is 10.2. The summed E-state index contributed by atoms with van der Waals surface area (Å²) in [4.78, 5) is 0. The number of benzene rings is 2.